The summed E-state index contributed by atoms with van der Waals surface area (Å²) in [6.07, 6.45) is 0. The Morgan fingerprint density at radius 3 is 2.45 bits per heavy atom. The number of hydrogen-bond donors (Lipinski definition) is 1. The average molecular weight is 480 g/mol. The SMILES string of the molecule is COc1c(Cl)cc(Cl)cc1C(Nc1cccc2ccccc12)P1(=O)OCC(C)(C)CO1. The van der Waals surface area contributed by atoms with Gasteiger partial charge in [-0.2, -0.15) is 0 Å². The fourth-order valence-corrected chi connectivity index (χ4v) is 6.43. The number of anilines is 1. The van der Waals surface area contributed by atoms with E-state index in [1.165, 1.54) is 7.11 Å². The highest BCUT2D eigenvalue weighted by Gasteiger charge is 2.45. The first-order valence-corrected chi connectivity index (χ1v) is 12.3. The van der Waals surface area contributed by atoms with Gasteiger partial charge in [-0.1, -0.05) is 73.4 Å². The van der Waals surface area contributed by atoms with Gasteiger partial charge < -0.3 is 19.1 Å². The molecular weight excluding hydrogens is 456 g/mol. The summed E-state index contributed by atoms with van der Waals surface area (Å²) < 4.78 is 31.3. The molecule has 1 unspecified atom stereocenters. The second-order valence-corrected chi connectivity index (χ2v) is 11.3. The summed E-state index contributed by atoms with van der Waals surface area (Å²) in [6.45, 7) is 4.60. The molecule has 1 heterocycles. The van der Waals surface area contributed by atoms with Gasteiger partial charge in [0.15, 0.2) is 5.78 Å². The van der Waals surface area contributed by atoms with Crippen LogP contribution in [0.5, 0.6) is 5.75 Å². The van der Waals surface area contributed by atoms with Gasteiger partial charge >= 0.3 is 7.60 Å². The third-order valence-electron chi connectivity index (χ3n) is 5.20. The van der Waals surface area contributed by atoms with E-state index in [0.717, 1.165) is 16.5 Å². The van der Waals surface area contributed by atoms with E-state index in [0.29, 0.717) is 34.6 Å². The number of halogens is 2. The molecule has 0 saturated carbocycles. The highest BCUT2D eigenvalue weighted by atomic mass is 35.5. The van der Waals surface area contributed by atoms with Crippen molar-refractivity contribution < 1.29 is 18.3 Å². The largest absolute Gasteiger partial charge is 0.495 e. The first-order valence-electron chi connectivity index (χ1n) is 9.88. The van der Waals surface area contributed by atoms with Crippen molar-refractivity contribution in [2.75, 3.05) is 25.6 Å². The minimum Gasteiger partial charge on any atom is -0.495 e. The van der Waals surface area contributed by atoms with Crippen LogP contribution in [-0.4, -0.2) is 20.3 Å². The summed E-state index contributed by atoms with van der Waals surface area (Å²) in [5, 5.41) is 6.14. The van der Waals surface area contributed by atoms with Gasteiger partial charge in [0.25, 0.3) is 0 Å². The van der Waals surface area contributed by atoms with Crippen LogP contribution < -0.4 is 10.1 Å². The molecule has 4 rings (SSSR count). The fraction of sp³-hybridized carbons (Fsp3) is 0.304. The summed E-state index contributed by atoms with van der Waals surface area (Å²) in [4.78, 5) is 0. The number of methoxy groups -OCH3 is 1. The third kappa shape index (κ3) is 4.57. The zero-order chi connectivity index (χ0) is 22.2. The van der Waals surface area contributed by atoms with Gasteiger partial charge in [0.1, 0.15) is 5.75 Å². The number of fused-ring (bicyclic) bond motifs is 1. The van der Waals surface area contributed by atoms with E-state index in [4.69, 9.17) is 37.0 Å². The smallest absolute Gasteiger partial charge is 0.357 e. The van der Waals surface area contributed by atoms with Crippen molar-refractivity contribution in [2.24, 2.45) is 5.41 Å². The molecule has 1 aliphatic heterocycles. The van der Waals surface area contributed by atoms with Gasteiger partial charge in [0.05, 0.1) is 25.3 Å². The Balaban J connectivity index is 1.85. The van der Waals surface area contributed by atoms with Gasteiger partial charge in [0.2, 0.25) is 0 Å². The molecule has 1 aliphatic rings. The van der Waals surface area contributed by atoms with E-state index in [-0.39, 0.29) is 5.41 Å². The van der Waals surface area contributed by atoms with Crippen molar-refractivity contribution in [2.45, 2.75) is 19.6 Å². The molecular formula is C23H24Cl2NO4P. The molecule has 0 radical (unpaired) electrons. The maximum Gasteiger partial charge on any atom is 0.357 e. The molecule has 0 bridgehead atoms. The molecule has 3 aromatic carbocycles. The lowest BCUT2D eigenvalue weighted by Gasteiger charge is -2.38. The van der Waals surface area contributed by atoms with Crippen LogP contribution in [-0.2, 0) is 13.6 Å². The number of hydrogen-bond acceptors (Lipinski definition) is 5. The zero-order valence-electron chi connectivity index (χ0n) is 17.5. The van der Waals surface area contributed by atoms with Crippen molar-refractivity contribution in [1.29, 1.82) is 0 Å². The van der Waals surface area contributed by atoms with E-state index < -0.39 is 13.4 Å². The standard InChI is InChI=1S/C23H24Cl2NO4P/c1-23(2)13-29-31(27,30-14-23)22(18-11-16(24)12-19(25)21(18)28-3)26-20-10-6-8-15-7-4-5-9-17(15)20/h4-12,22,26H,13-14H2,1-3H3. The Morgan fingerprint density at radius 2 is 1.74 bits per heavy atom. The minimum atomic E-state index is -3.66. The molecule has 0 aliphatic carbocycles. The molecule has 3 aromatic rings. The Hall–Kier alpha value is -1.75. The molecule has 164 valence electrons. The maximum atomic E-state index is 14.0. The Kier molecular flexibility index (Phi) is 6.26. The molecule has 5 nitrogen and oxygen atoms in total. The summed E-state index contributed by atoms with van der Waals surface area (Å²) in [5.41, 5.74) is 1.05. The molecule has 0 spiro atoms. The predicted molar refractivity (Wildman–Crippen MR) is 127 cm³/mol. The molecule has 1 atom stereocenters. The van der Waals surface area contributed by atoms with Gasteiger partial charge in [-0.3, -0.25) is 4.57 Å². The molecule has 1 fully saturated rings. The van der Waals surface area contributed by atoms with Gasteiger partial charge in [-0.25, -0.2) is 0 Å². The Bertz CT molecular complexity index is 1150. The lowest BCUT2D eigenvalue weighted by atomic mass is 9.97. The van der Waals surface area contributed by atoms with Crippen molar-refractivity contribution in [1.82, 2.24) is 0 Å². The van der Waals surface area contributed by atoms with E-state index in [9.17, 15) is 4.57 Å². The van der Waals surface area contributed by atoms with Crippen LogP contribution in [0.2, 0.25) is 10.0 Å². The zero-order valence-corrected chi connectivity index (χ0v) is 19.9. The van der Waals surface area contributed by atoms with E-state index in [2.05, 4.69) is 5.32 Å². The predicted octanol–water partition coefficient (Wildman–Crippen LogP) is 7.53. The van der Waals surface area contributed by atoms with Crippen LogP contribution in [0, 0.1) is 5.41 Å². The maximum absolute atomic E-state index is 14.0. The monoisotopic (exact) mass is 479 g/mol. The third-order valence-corrected chi connectivity index (χ3v) is 7.72. The Labute approximate surface area is 192 Å². The van der Waals surface area contributed by atoms with E-state index in [1.807, 2.05) is 56.3 Å². The second-order valence-electron chi connectivity index (χ2n) is 8.33. The first-order chi connectivity index (χ1) is 14.7. The van der Waals surface area contributed by atoms with Crippen LogP contribution in [0.25, 0.3) is 10.8 Å². The minimum absolute atomic E-state index is 0.242. The molecule has 8 heteroatoms. The van der Waals surface area contributed by atoms with Crippen molar-refractivity contribution >= 4 is 47.3 Å². The van der Waals surface area contributed by atoms with Crippen LogP contribution >= 0.6 is 30.8 Å². The quantitative estimate of drug-likeness (QED) is 0.383. The number of nitrogens with one attached hydrogen (secondary N) is 1. The highest BCUT2D eigenvalue weighted by molar-refractivity contribution is 7.54. The van der Waals surface area contributed by atoms with Crippen molar-refractivity contribution in [3.8, 4) is 5.75 Å². The summed E-state index contributed by atoms with van der Waals surface area (Å²) >= 11 is 12.7. The topological polar surface area (TPSA) is 56.8 Å². The lowest BCUT2D eigenvalue weighted by Crippen LogP contribution is -2.32. The molecule has 31 heavy (non-hydrogen) atoms. The van der Waals surface area contributed by atoms with Crippen LogP contribution in [0.3, 0.4) is 0 Å². The summed E-state index contributed by atoms with van der Waals surface area (Å²) in [7, 11) is -2.15. The highest BCUT2D eigenvalue weighted by Crippen LogP contribution is 2.65. The summed E-state index contributed by atoms with van der Waals surface area (Å²) in [5.74, 6) is -0.503. The Morgan fingerprint density at radius 1 is 1.06 bits per heavy atom. The van der Waals surface area contributed by atoms with Crippen LogP contribution in [0.1, 0.15) is 25.2 Å². The fourth-order valence-electron chi connectivity index (χ4n) is 3.58. The normalized spacial score (nSPS) is 18.5. The van der Waals surface area contributed by atoms with Gasteiger partial charge in [-0.15, -0.1) is 0 Å². The second kappa shape index (κ2) is 8.65. The van der Waals surface area contributed by atoms with Crippen LogP contribution in [0.15, 0.2) is 54.6 Å². The van der Waals surface area contributed by atoms with Gasteiger partial charge in [-0.05, 0) is 23.6 Å². The van der Waals surface area contributed by atoms with Crippen molar-refractivity contribution in [3.05, 3.63) is 70.2 Å². The lowest BCUT2D eigenvalue weighted by molar-refractivity contribution is 0.0387. The van der Waals surface area contributed by atoms with Crippen molar-refractivity contribution in [3.63, 3.8) is 0 Å². The average Bonchev–Trinajstić information content (AvgIpc) is 2.74. The molecule has 0 aromatic heterocycles. The summed E-state index contributed by atoms with van der Waals surface area (Å²) in [6, 6.07) is 17.1. The number of benzene rings is 3. The van der Waals surface area contributed by atoms with Crippen LogP contribution in [0.4, 0.5) is 5.69 Å². The number of ether oxygens (including phenoxy) is 1. The van der Waals surface area contributed by atoms with E-state index >= 15 is 0 Å². The molecule has 1 saturated heterocycles. The molecule has 1 N–H and O–H groups in total. The van der Waals surface area contributed by atoms with Gasteiger partial charge in [0, 0.05) is 27.1 Å². The number of rotatable bonds is 5. The van der Waals surface area contributed by atoms with E-state index in [1.54, 1.807) is 12.1 Å². The first kappa shape index (κ1) is 22.4. The molecule has 0 amide bonds.